The molecule has 0 saturated heterocycles. The van der Waals surface area contributed by atoms with Crippen molar-refractivity contribution in [1.82, 2.24) is 9.97 Å². The number of nitrogens with zero attached hydrogens (tertiary/aromatic N) is 2. The Morgan fingerprint density at radius 1 is 1.07 bits per heavy atom. The maximum Gasteiger partial charge on any atom is 0.257 e. The Labute approximate surface area is 161 Å². The largest absolute Gasteiger partial charge is 0.496 e. The lowest BCUT2D eigenvalue weighted by atomic mass is 10.1. The van der Waals surface area contributed by atoms with Gasteiger partial charge in [-0.25, -0.2) is 0 Å². The lowest BCUT2D eigenvalue weighted by molar-refractivity contribution is 0.0996. The zero-order valence-electron chi connectivity index (χ0n) is 15.1. The Bertz CT molecular complexity index is 993. The fourth-order valence-electron chi connectivity index (χ4n) is 2.46. The van der Waals surface area contributed by atoms with E-state index in [0.29, 0.717) is 28.3 Å². The third-order valence-corrected chi connectivity index (χ3v) is 3.85. The van der Waals surface area contributed by atoms with Crippen LogP contribution in [-0.2, 0) is 6.61 Å². The van der Waals surface area contributed by atoms with Crippen molar-refractivity contribution in [2.24, 2.45) is 5.73 Å². The van der Waals surface area contributed by atoms with Crippen LogP contribution in [-0.4, -0.2) is 28.9 Å². The quantitative estimate of drug-likeness (QED) is 0.652. The molecule has 3 N–H and O–H groups in total. The summed E-state index contributed by atoms with van der Waals surface area (Å²) in [5, 5.41) is 2.81. The second kappa shape index (κ2) is 8.63. The molecule has 2 heterocycles. The summed E-state index contributed by atoms with van der Waals surface area (Å²) >= 11 is 0. The van der Waals surface area contributed by atoms with Gasteiger partial charge in [-0.05, 0) is 36.4 Å². The van der Waals surface area contributed by atoms with Crippen LogP contribution in [0, 0.1) is 0 Å². The number of aromatic nitrogens is 2. The number of methoxy groups -OCH3 is 1. The molecule has 1 aromatic carbocycles. The minimum Gasteiger partial charge on any atom is -0.496 e. The molecule has 0 fully saturated rings. The van der Waals surface area contributed by atoms with E-state index in [1.807, 2.05) is 0 Å². The molecule has 142 valence electrons. The molecule has 0 atom stereocenters. The number of ether oxygens (including phenoxy) is 2. The van der Waals surface area contributed by atoms with Crippen molar-refractivity contribution in [3.05, 3.63) is 77.9 Å². The van der Waals surface area contributed by atoms with Gasteiger partial charge in [-0.2, -0.15) is 0 Å². The molecule has 0 aliphatic rings. The minimum atomic E-state index is -0.587. The standard InChI is InChI=1S/C20H18N4O4/c1-27-18-5-4-16(24-20(26)13-3-2-6-22-9-13)7-15(18)12-28-17-8-14(19(21)25)10-23-11-17/h2-11H,12H2,1H3,(H2,21,25)(H,24,26). The molecule has 0 unspecified atom stereocenters. The molecule has 0 bridgehead atoms. The van der Waals surface area contributed by atoms with Gasteiger partial charge in [0.05, 0.1) is 24.4 Å². The van der Waals surface area contributed by atoms with Gasteiger partial charge in [0.25, 0.3) is 5.91 Å². The highest BCUT2D eigenvalue weighted by molar-refractivity contribution is 6.04. The molecule has 0 aliphatic carbocycles. The molecular formula is C20H18N4O4. The first-order valence-corrected chi connectivity index (χ1v) is 8.33. The molecule has 2 aromatic heterocycles. The zero-order valence-corrected chi connectivity index (χ0v) is 15.1. The van der Waals surface area contributed by atoms with Gasteiger partial charge in [-0.3, -0.25) is 19.6 Å². The number of pyridine rings is 2. The van der Waals surface area contributed by atoms with Gasteiger partial charge in [0, 0.05) is 29.8 Å². The number of benzene rings is 1. The first kappa shape index (κ1) is 18.8. The van der Waals surface area contributed by atoms with E-state index in [1.54, 1.807) is 43.6 Å². The van der Waals surface area contributed by atoms with Crippen molar-refractivity contribution in [2.45, 2.75) is 6.61 Å². The molecule has 3 aromatic rings. The van der Waals surface area contributed by atoms with Crippen LogP contribution < -0.4 is 20.5 Å². The number of hydrogen-bond acceptors (Lipinski definition) is 6. The molecule has 0 radical (unpaired) electrons. The fraction of sp³-hybridized carbons (Fsp3) is 0.100. The van der Waals surface area contributed by atoms with Gasteiger partial charge >= 0.3 is 0 Å². The van der Waals surface area contributed by atoms with Crippen LogP contribution in [0.1, 0.15) is 26.3 Å². The number of anilines is 1. The van der Waals surface area contributed by atoms with Crippen molar-refractivity contribution in [2.75, 3.05) is 12.4 Å². The molecule has 8 nitrogen and oxygen atoms in total. The predicted octanol–water partition coefficient (Wildman–Crippen LogP) is 2.42. The molecule has 3 rings (SSSR count). The van der Waals surface area contributed by atoms with Crippen molar-refractivity contribution in [3.8, 4) is 11.5 Å². The van der Waals surface area contributed by atoms with Crippen molar-refractivity contribution < 1.29 is 19.1 Å². The number of hydrogen-bond donors (Lipinski definition) is 2. The van der Waals surface area contributed by atoms with Gasteiger partial charge in [-0.15, -0.1) is 0 Å². The number of nitrogens with two attached hydrogens (primary N) is 1. The summed E-state index contributed by atoms with van der Waals surface area (Å²) in [5.74, 6) is 0.126. The Morgan fingerprint density at radius 2 is 1.89 bits per heavy atom. The smallest absolute Gasteiger partial charge is 0.257 e. The summed E-state index contributed by atoms with van der Waals surface area (Å²) < 4.78 is 11.0. The summed E-state index contributed by atoms with van der Waals surface area (Å²) in [5.41, 5.74) is 7.24. The first-order valence-electron chi connectivity index (χ1n) is 8.33. The van der Waals surface area contributed by atoms with E-state index in [9.17, 15) is 9.59 Å². The van der Waals surface area contributed by atoms with E-state index in [2.05, 4.69) is 15.3 Å². The topological polar surface area (TPSA) is 116 Å². The summed E-state index contributed by atoms with van der Waals surface area (Å²) in [6, 6.07) is 10.1. The molecule has 28 heavy (non-hydrogen) atoms. The third kappa shape index (κ3) is 4.61. The van der Waals surface area contributed by atoms with Crippen LogP contribution in [0.5, 0.6) is 11.5 Å². The second-order valence-corrected chi connectivity index (χ2v) is 5.78. The van der Waals surface area contributed by atoms with E-state index < -0.39 is 5.91 Å². The van der Waals surface area contributed by atoms with E-state index in [-0.39, 0.29) is 18.1 Å². The highest BCUT2D eigenvalue weighted by Crippen LogP contribution is 2.25. The van der Waals surface area contributed by atoms with Crippen LogP contribution >= 0.6 is 0 Å². The average Bonchev–Trinajstić information content (AvgIpc) is 2.73. The lowest BCUT2D eigenvalue weighted by Crippen LogP contribution is -2.12. The number of rotatable bonds is 7. The maximum atomic E-state index is 12.3. The number of carbonyl (C=O) groups is 2. The van der Waals surface area contributed by atoms with Crippen LogP contribution in [0.2, 0.25) is 0 Å². The highest BCUT2D eigenvalue weighted by Gasteiger charge is 2.10. The normalized spacial score (nSPS) is 10.2. The minimum absolute atomic E-state index is 0.143. The van der Waals surface area contributed by atoms with Crippen LogP contribution in [0.25, 0.3) is 0 Å². The monoisotopic (exact) mass is 378 g/mol. The van der Waals surface area contributed by atoms with Crippen molar-refractivity contribution in [1.29, 1.82) is 0 Å². The van der Waals surface area contributed by atoms with Crippen LogP contribution in [0.3, 0.4) is 0 Å². The van der Waals surface area contributed by atoms with E-state index in [0.717, 1.165) is 0 Å². The number of nitrogens with one attached hydrogen (secondary N) is 1. The van der Waals surface area contributed by atoms with Crippen molar-refractivity contribution >= 4 is 17.5 Å². The van der Waals surface area contributed by atoms with Crippen molar-refractivity contribution in [3.63, 3.8) is 0 Å². The van der Waals surface area contributed by atoms with Gasteiger partial charge in [0.15, 0.2) is 0 Å². The zero-order chi connectivity index (χ0) is 19.9. The molecule has 0 aliphatic heterocycles. The first-order chi connectivity index (χ1) is 13.6. The fourth-order valence-corrected chi connectivity index (χ4v) is 2.46. The van der Waals surface area contributed by atoms with Gasteiger partial charge in [-0.1, -0.05) is 0 Å². The molecule has 0 spiro atoms. The van der Waals surface area contributed by atoms with Gasteiger partial charge in [0.1, 0.15) is 18.1 Å². The average molecular weight is 378 g/mol. The maximum absolute atomic E-state index is 12.3. The molecular weight excluding hydrogens is 360 g/mol. The Kier molecular flexibility index (Phi) is 5.81. The Morgan fingerprint density at radius 3 is 2.61 bits per heavy atom. The summed E-state index contributed by atoms with van der Waals surface area (Å²) in [4.78, 5) is 31.4. The molecule has 8 heteroatoms. The van der Waals surface area contributed by atoms with E-state index >= 15 is 0 Å². The number of carbonyl (C=O) groups excluding carboxylic acids is 2. The van der Waals surface area contributed by atoms with E-state index in [4.69, 9.17) is 15.2 Å². The SMILES string of the molecule is COc1ccc(NC(=O)c2cccnc2)cc1COc1cncc(C(N)=O)c1. The van der Waals surface area contributed by atoms with Crippen LogP contribution in [0.4, 0.5) is 5.69 Å². The van der Waals surface area contributed by atoms with E-state index in [1.165, 1.54) is 24.7 Å². The van der Waals surface area contributed by atoms with Crippen LogP contribution in [0.15, 0.2) is 61.2 Å². The molecule has 2 amide bonds. The van der Waals surface area contributed by atoms with Gasteiger partial charge in [0.2, 0.25) is 5.91 Å². The second-order valence-electron chi connectivity index (χ2n) is 5.78. The summed E-state index contributed by atoms with van der Waals surface area (Å²) in [6.45, 7) is 0.143. The highest BCUT2D eigenvalue weighted by atomic mass is 16.5. The third-order valence-electron chi connectivity index (χ3n) is 3.85. The lowest BCUT2D eigenvalue weighted by Gasteiger charge is -2.13. The Hall–Kier alpha value is -3.94. The molecule has 0 saturated carbocycles. The predicted molar refractivity (Wildman–Crippen MR) is 102 cm³/mol. The number of amides is 2. The van der Waals surface area contributed by atoms with Gasteiger partial charge < -0.3 is 20.5 Å². The Balaban J connectivity index is 1.75. The summed E-state index contributed by atoms with van der Waals surface area (Å²) in [7, 11) is 1.54. The number of primary amides is 1. The summed E-state index contributed by atoms with van der Waals surface area (Å²) in [6.07, 6.45) is 5.93.